The molecule has 3 fully saturated rings. The number of ether oxygens (including phenoxy) is 1. The molecule has 3 rings (SSSR count). The van der Waals surface area contributed by atoms with E-state index in [1.807, 2.05) is 34.6 Å². The number of rotatable bonds is 22. The predicted octanol–water partition coefficient (Wildman–Crippen LogP) is 0.870. The molecular formula is C65H111N13O15. The molecule has 11 N–H and O–H groups in total. The Morgan fingerprint density at radius 2 is 1.15 bits per heavy atom. The van der Waals surface area contributed by atoms with Crippen LogP contribution < -0.4 is 58.5 Å². The summed E-state index contributed by atoms with van der Waals surface area (Å²) in [5.41, 5.74) is 0. The number of cyclic esters (lactones) is 1. The standard InChI is InChI=1S/C65H111N13O15/c1-19-23-46(79)77-28-21-24-44(77)58(85)67-40(17)55(82)71-49(35(9)10)61(88)70-43(31-33(5)6)57(84)75-52(38(15)20-2)63(90)76-53-41(18)93-65(92)51(37(13)14)74-59(86)45-25-22-29-78(45)47(80)26-27-66-54(81)39(16)68-60(87)48(34(7)8)72-56(83)42(30-32(3)4)69-62(89)50(36(11)12)73-64(53)91/h32-45,48-53H,19-31H2,1-18H3,(H,66,81)(H,67,85)(H,68,87)(H,69,89)(H,70,88)(H,71,82)(H,72,83)(H,73,91)(H,74,86)(H,75,84)(H,76,90). The molecule has 28 nitrogen and oxygen atoms in total. The van der Waals surface area contributed by atoms with Crippen molar-refractivity contribution in [3.63, 3.8) is 0 Å². The van der Waals surface area contributed by atoms with Gasteiger partial charge in [0.2, 0.25) is 76.8 Å². The normalized spacial score (nSPS) is 25.4. The van der Waals surface area contributed by atoms with Gasteiger partial charge in [-0.15, -0.1) is 0 Å². The van der Waals surface area contributed by atoms with Crippen LogP contribution in [-0.4, -0.2) is 191 Å². The third-order valence-corrected chi connectivity index (χ3v) is 17.1. The van der Waals surface area contributed by atoms with Crippen LogP contribution in [0.5, 0.6) is 0 Å². The van der Waals surface area contributed by atoms with E-state index in [4.69, 9.17) is 4.74 Å². The van der Waals surface area contributed by atoms with Gasteiger partial charge in [-0.1, -0.05) is 110 Å². The predicted molar refractivity (Wildman–Crippen MR) is 346 cm³/mol. The van der Waals surface area contributed by atoms with Gasteiger partial charge in [0, 0.05) is 32.5 Å². The van der Waals surface area contributed by atoms with Gasteiger partial charge in [0.15, 0.2) is 0 Å². The van der Waals surface area contributed by atoms with E-state index in [-0.39, 0.29) is 69.4 Å². The van der Waals surface area contributed by atoms with E-state index in [1.54, 1.807) is 69.2 Å². The van der Waals surface area contributed by atoms with Crippen LogP contribution in [0, 0.1) is 41.4 Å². The number of carbonyl (C=O) groups is 14. The lowest BCUT2D eigenvalue weighted by Crippen LogP contribution is -2.64. The van der Waals surface area contributed by atoms with Crippen LogP contribution in [0.2, 0.25) is 0 Å². The van der Waals surface area contributed by atoms with E-state index >= 15 is 4.79 Å². The first-order valence-electron chi connectivity index (χ1n) is 33.6. The summed E-state index contributed by atoms with van der Waals surface area (Å²) in [7, 11) is 0. The highest BCUT2D eigenvalue weighted by Crippen LogP contribution is 2.22. The second-order valence-electron chi connectivity index (χ2n) is 27.5. The molecule has 93 heavy (non-hydrogen) atoms. The molecule has 0 bridgehead atoms. The summed E-state index contributed by atoms with van der Waals surface area (Å²) < 4.78 is 5.99. The van der Waals surface area contributed by atoms with Crippen LogP contribution in [0.25, 0.3) is 0 Å². The van der Waals surface area contributed by atoms with Crippen molar-refractivity contribution in [1.29, 1.82) is 0 Å². The molecule has 0 spiro atoms. The smallest absolute Gasteiger partial charge is 0.329 e. The third-order valence-electron chi connectivity index (χ3n) is 17.1. The zero-order valence-corrected chi connectivity index (χ0v) is 58.3. The zero-order valence-electron chi connectivity index (χ0n) is 58.3. The lowest BCUT2D eigenvalue weighted by Gasteiger charge is -2.33. The number of nitrogens with zero attached hydrogens (tertiary/aromatic N) is 2. The first-order valence-corrected chi connectivity index (χ1v) is 33.6. The van der Waals surface area contributed by atoms with Gasteiger partial charge >= 0.3 is 5.97 Å². The molecule has 3 aliphatic rings. The highest BCUT2D eigenvalue weighted by atomic mass is 16.5. The summed E-state index contributed by atoms with van der Waals surface area (Å²) in [5.74, 6) is -13.4. The first-order chi connectivity index (χ1) is 43.4. The van der Waals surface area contributed by atoms with Gasteiger partial charge in [-0.05, 0) is 107 Å². The van der Waals surface area contributed by atoms with Gasteiger partial charge in [-0.25, -0.2) is 4.79 Å². The van der Waals surface area contributed by atoms with Crippen LogP contribution in [0.15, 0.2) is 0 Å². The molecule has 13 amide bonds. The lowest BCUT2D eigenvalue weighted by atomic mass is 9.95. The monoisotopic (exact) mass is 1310 g/mol. The number of hydrogen-bond donors (Lipinski definition) is 11. The Morgan fingerprint density at radius 3 is 1.71 bits per heavy atom. The maximum atomic E-state index is 15.0. The topological polar surface area (TPSA) is 387 Å². The average Bonchev–Trinajstić information content (AvgIpc) is 1.85. The van der Waals surface area contributed by atoms with Crippen molar-refractivity contribution in [1.82, 2.24) is 68.3 Å². The van der Waals surface area contributed by atoms with Crippen LogP contribution in [0.1, 0.15) is 189 Å². The zero-order chi connectivity index (χ0) is 70.5. The van der Waals surface area contributed by atoms with Crippen LogP contribution in [0.4, 0.5) is 0 Å². The second-order valence-corrected chi connectivity index (χ2v) is 27.5. The van der Waals surface area contributed by atoms with Crippen molar-refractivity contribution in [3.8, 4) is 0 Å². The molecule has 14 unspecified atom stereocenters. The van der Waals surface area contributed by atoms with E-state index in [0.717, 1.165) is 0 Å². The molecule has 14 atom stereocenters. The van der Waals surface area contributed by atoms with E-state index < -0.39 is 185 Å². The van der Waals surface area contributed by atoms with Crippen molar-refractivity contribution < 1.29 is 71.9 Å². The highest BCUT2D eigenvalue weighted by Gasteiger charge is 2.43. The van der Waals surface area contributed by atoms with Crippen molar-refractivity contribution >= 4 is 82.8 Å². The minimum absolute atomic E-state index is 0.0534. The van der Waals surface area contributed by atoms with E-state index in [1.165, 1.54) is 30.6 Å². The van der Waals surface area contributed by atoms with Gasteiger partial charge in [-0.3, -0.25) is 62.3 Å². The SMILES string of the molecule is CCCC(=O)N1CCCC1C(=O)NC(C)C(=O)NC(C(=O)NC(CC(C)C)C(=O)NC(C(=O)NC1C(=O)NC(C(C)C)C(=O)NC(CC(C)C)C(=O)NC(C(C)C)C(=O)NC(C)C(=O)NCCC(=O)N2CCCC2C(=O)NC(C(C)C)C(=O)OC1C)C(C)CC)C(C)C. The van der Waals surface area contributed by atoms with Crippen LogP contribution >= 0.6 is 0 Å². The maximum absolute atomic E-state index is 15.0. The summed E-state index contributed by atoms with van der Waals surface area (Å²) in [6.45, 7) is 30.4. The van der Waals surface area contributed by atoms with E-state index in [2.05, 4.69) is 58.5 Å². The van der Waals surface area contributed by atoms with Gasteiger partial charge in [-0.2, -0.15) is 0 Å². The maximum Gasteiger partial charge on any atom is 0.329 e. The molecule has 0 saturated carbocycles. The molecule has 3 heterocycles. The third kappa shape index (κ3) is 23.8. The fourth-order valence-electron chi connectivity index (χ4n) is 11.3. The molecule has 0 aliphatic carbocycles. The number of esters is 1. The molecule has 0 aromatic heterocycles. The Balaban J connectivity index is 2.08. The summed E-state index contributed by atoms with van der Waals surface area (Å²) in [6.07, 6.45) is 1.25. The Morgan fingerprint density at radius 1 is 0.581 bits per heavy atom. The molecule has 3 saturated heterocycles. The Kier molecular flexibility index (Phi) is 32.2. The fourth-order valence-corrected chi connectivity index (χ4v) is 11.3. The van der Waals surface area contributed by atoms with Gasteiger partial charge < -0.3 is 73.0 Å². The molecule has 28 heteroatoms. The molecule has 0 radical (unpaired) electrons. The number of fused-ring (bicyclic) bond motifs is 1. The number of hydrogen-bond acceptors (Lipinski definition) is 15. The van der Waals surface area contributed by atoms with Crippen molar-refractivity contribution in [2.24, 2.45) is 41.4 Å². The lowest BCUT2D eigenvalue weighted by molar-refractivity contribution is -0.157. The number of amides is 13. The summed E-state index contributed by atoms with van der Waals surface area (Å²) in [4.78, 5) is 200. The average molecular weight is 1310 g/mol. The number of carbonyl (C=O) groups excluding carboxylic acids is 14. The fraction of sp³-hybridized carbons (Fsp3) is 0.785. The summed E-state index contributed by atoms with van der Waals surface area (Å²) in [6, 6.07) is -15.0. The van der Waals surface area contributed by atoms with Crippen molar-refractivity contribution in [2.75, 3.05) is 19.6 Å². The van der Waals surface area contributed by atoms with E-state index in [9.17, 15) is 62.3 Å². The van der Waals surface area contributed by atoms with Gasteiger partial charge in [0.25, 0.3) is 0 Å². The molecule has 526 valence electrons. The molecular weight excluding hydrogens is 1200 g/mol. The van der Waals surface area contributed by atoms with Crippen LogP contribution in [0.3, 0.4) is 0 Å². The van der Waals surface area contributed by atoms with Crippen molar-refractivity contribution in [2.45, 2.75) is 267 Å². The summed E-state index contributed by atoms with van der Waals surface area (Å²) >= 11 is 0. The second kappa shape index (κ2) is 37.5. The Bertz CT molecular complexity index is 2650. The number of nitrogens with one attached hydrogen (secondary N) is 11. The van der Waals surface area contributed by atoms with E-state index in [0.29, 0.717) is 32.2 Å². The largest absolute Gasteiger partial charge is 0.458 e. The molecule has 3 aliphatic heterocycles. The minimum Gasteiger partial charge on any atom is -0.458 e. The first kappa shape index (κ1) is 79.8. The minimum atomic E-state index is -1.83. The van der Waals surface area contributed by atoms with Crippen molar-refractivity contribution in [3.05, 3.63) is 0 Å². The Hall–Kier alpha value is -7.42. The quantitative estimate of drug-likeness (QED) is 0.0670. The molecule has 0 aromatic rings. The van der Waals surface area contributed by atoms with Gasteiger partial charge in [0.1, 0.15) is 78.6 Å². The highest BCUT2D eigenvalue weighted by molar-refractivity contribution is 6.00. The molecule has 0 aromatic carbocycles. The Labute approximate surface area is 549 Å². The number of likely N-dealkylation sites (tertiary alicyclic amines) is 1. The van der Waals surface area contributed by atoms with Gasteiger partial charge in [0.05, 0.1) is 0 Å². The summed E-state index contributed by atoms with van der Waals surface area (Å²) in [5, 5.41) is 29.7. The van der Waals surface area contributed by atoms with Crippen LogP contribution in [-0.2, 0) is 71.9 Å².